The fraction of sp³-hybridized carbons (Fsp3) is 0.200. The Morgan fingerprint density at radius 1 is 1.00 bits per heavy atom. The van der Waals surface area contributed by atoms with Crippen LogP contribution in [0.1, 0.15) is 61.6 Å². The Bertz CT molecular complexity index is 2020. The third-order valence-electron chi connectivity index (χ3n) is 7.91. The summed E-state index contributed by atoms with van der Waals surface area (Å²) in [4.78, 5) is 45.1. The molecule has 0 bridgehead atoms. The number of nitrogens with zero attached hydrogens (tertiary/aromatic N) is 2. The maximum Gasteiger partial charge on any atom is 0.331 e. The molecular formula is C40H38N2O4S. The molecule has 0 N–H and O–H groups in total. The van der Waals surface area contributed by atoms with Gasteiger partial charge in [0.2, 0.25) is 5.78 Å². The van der Waals surface area contributed by atoms with Gasteiger partial charge >= 0.3 is 5.97 Å². The maximum absolute atomic E-state index is 14.0. The summed E-state index contributed by atoms with van der Waals surface area (Å²) in [6, 6.07) is 20.0. The standard InChI is InChI=1S/C40H38N2O4S/c1-5-7-8-9-14-27(3)39(44)31-21-22-37-34(26-31)33-25-30(17-12-19-36(33)42(37)6-2)40(45)35(41-46-28(4)43)23-24-47-38-20-13-16-29-15-10-11-18-32(29)38/h7-16,18-22,25-26H,3,5-6,17,23-24H2,1-2,4H3/b8-7-,14-9-,41-35+. The van der Waals surface area contributed by atoms with Crippen LogP contribution in [0.25, 0.3) is 33.8 Å². The maximum atomic E-state index is 14.0. The van der Waals surface area contributed by atoms with Gasteiger partial charge in [0.15, 0.2) is 5.78 Å². The molecule has 0 aliphatic heterocycles. The minimum Gasteiger partial charge on any atom is -0.341 e. The lowest BCUT2D eigenvalue weighted by atomic mass is 9.98. The average Bonchev–Trinajstić information content (AvgIpc) is 3.21. The number of aromatic nitrogens is 1. The van der Waals surface area contributed by atoms with E-state index in [4.69, 9.17) is 4.84 Å². The molecule has 0 spiro atoms. The van der Waals surface area contributed by atoms with Gasteiger partial charge in [-0.1, -0.05) is 85.4 Å². The van der Waals surface area contributed by atoms with Crippen LogP contribution in [-0.2, 0) is 21.0 Å². The van der Waals surface area contributed by atoms with Crippen molar-refractivity contribution in [3.05, 3.63) is 126 Å². The summed E-state index contributed by atoms with van der Waals surface area (Å²) in [5.74, 6) is -0.447. The molecule has 1 aliphatic carbocycles. The number of ketones is 2. The smallest absolute Gasteiger partial charge is 0.331 e. The normalized spacial score (nSPS) is 13.3. The van der Waals surface area contributed by atoms with Crippen molar-refractivity contribution in [1.29, 1.82) is 0 Å². The van der Waals surface area contributed by atoms with E-state index >= 15 is 0 Å². The molecule has 5 rings (SSSR count). The highest BCUT2D eigenvalue weighted by Gasteiger charge is 2.23. The van der Waals surface area contributed by atoms with Gasteiger partial charge in [0.25, 0.3) is 0 Å². The van der Waals surface area contributed by atoms with E-state index in [0.717, 1.165) is 44.2 Å². The van der Waals surface area contributed by atoms with Crippen LogP contribution in [0, 0.1) is 0 Å². The van der Waals surface area contributed by atoms with Crippen LogP contribution in [0.4, 0.5) is 0 Å². The van der Waals surface area contributed by atoms with Gasteiger partial charge < -0.3 is 9.40 Å². The van der Waals surface area contributed by atoms with Gasteiger partial charge in [-0.15, -0.1) is 11.8 Å². The fourth-order valence-corrected chi connectivity index (χ4v) is 6.67. The number of hydrogen-bond donors (Lipinski definition) is 0. The molecule has 7 heteroatoms. The molecule has 0 saturated carbocycles. The lowest BCUT2D eigenvalue weighted by Crippen LogP contribution is -2.18. The highest BCUT2D eigenvalue weighted by atomic mass is 32.2. The predicted octanol–water partition coefficient (Wildman–Crippen LogP) is 9.55. The Morgan fingerprint density at radius 3 is 2.60 bits per heavy atom. The van der Waals surface area contributed by atoms with Crippen LogP contribution in [0.15, 0.2) is 119 Å². The Kier molecular flexibility index (Phi) is 11.0. The van der Waals surface area contributed by atoms with Crippen molar-refractivity contribution in [3.8, 4) is 0 Å². The predicted molar refractivity (Wildman–Crippen MR) is 195 cm³/mol. The summed E-state index contributed by atoms with van der Waals surface area (Å²) in [5, 5.41) is 7.19. The zero-order valence-electron chi connectivity index (χ0n) is 27.0. The largest absolute Gasteiger partial charge is 0.341 e. The van der Waals surface area contributed by atoms with Crippen molar-refractivity contribution in [2.75, 3.05) is 5.75 Å². The summed E-state index contributed by atoms with van der Waals surface area (Å²) in [5.41, 5.74) is 4.43. The second-order valence-corrected chi connectivity index (χ2v) is 12.3. The van der Waals surface area contributed by atoms with Crippen LogP contribution < -0.4 is 0 Å². The SMILES string of the molecule is C=C(/C=C\C=C/CC)C(=O)c1ccc2c(c1)c1c(n2CC)C=CCC(C(=O)/C(CCSc2cccc3ccccc23)=N/OC(C)=O)=C1. The molecule has 0 unspecified atom stereocenters. The van der Waals surface area contributed by atoms with Gasteiger partial charge in [-0.25, -0.2) is 4.79 Å². The first-order valence-electron chi connectivity index (χ1n) is 15.8. The summed E-state index contributed by atoms with van der Waals surface area (Å²) in [7, 11) is 0. The zero-order chi connectivity index (χ0) is 33.3. The zero-order valence-corrected chi connectivity index (χ0v) is 27.8. The van der Waals surface area contributed by atoms with Gasteiger partial charge in [0.05, 0.1) is 0 Å². The first-order chi connectivity index (χ1) is 22.8. The number of carbonyl (C=O) groups is 3. The van der Waals surface area contributed by atoms with Crippen LogP contribution in [-0.4, -0.2) is 33.6 Å². The van der Waals surface area contributed by atoms with Gasteiger partial charge in [0, 0.05) is 69.4 Å². The Morgan fingerprint density at radius 2 is 1.81 bits per heavy atom. The van der Waals surface area contributed by atoms with Gasteiger partial charge in [0.1, 0.15) is 5.71 Å². The summed E-state index contributed by atoms with van der Waals surface area (Å²) in [6.45, 7) is 10.1. The molecule has 1 aromatic heterocycles. The third-order valence-corrected chi connectivity index (χ3v) is 8.99. The van der Waals surface area contributed by atoms with Gasteiger partial charge in [-0.3, -0.25) is 9.59 Å². The van der Waals surface area contributed by atoms with Gasteiger partial charge in [-0.05, 0) is 67.0 Å². The minimum absolute atomic E-state index is 0.157. The quantitative estimate of drug-likeness (QED) is 0.0276. The second kappa shape index (κ2) is 15.5. The first-order valence-corrected chi connectivity index (χ1v) is 16.8. The lowest BCUT2D eigenvalue weighted by molar-refractivity contribution is -0.140. The van der Waals surface area contributed by atoms with E-state index in [1.165, 1.54) is 6.92 Å². The van der Waals surface area contributed by atoms with Crippen LogP contribution in [0.5, 0.6) is 0 Å². The number of benzene rings is 3. The van der Waals surface area contributed by atoms with Crippen molar-refractivity contribution in [2.24, 2.45) is 5.16 Å². The monoisotopic (exact) mass is 642 g/mol. The number of aryl methyl sites for hydroxylation is 1. The van der Waals surface area contributed by atoms with Crippen LogP contribution in [0.3, 0.4) is 0 Å². The molecular weight excluding hydrogens is 605 g/mol. The summed E-state index contributed by atoms with van der Waals surface area (Å²) in [6.07, 6.45) is 15.0. The molecule has 0 saturated heterocycles. The highest BCUT2D eigenvalue weighted by molar-refractivity contribution is 7.99. The first kappa shape index (κ1) is 33.4. The molecule has 1 aliphatic rings. The van der Waals surface area contributed by atoms with Crippen LogP contribution in [0.2, 0.25) is 0 Å². The van der Waals surface area contributed by atoms with E-state index in [0.29, 0.717) is 41.8 Å². The average molecular weight is 643 g/mol. The second-order valence-electron chi connectivity index (χ2n) is 11.1. The lowest BCUT2D eigenvalue weighted by Gasteiger charge is -2.09. The van der Waals surface area contributed by atoms with Gasteiger partial charge in [-0.2, -0.15) is 0 Å². The van der Waals surface area contributed by atoms with E-state index in [-0.39, 0.29) is 17.3 Å². The Labute approximate surface area is 279 Å². The molecule has 4 aromatic rings. The molecule has 6 nitrogen and oxygen atoms in total. The van der Waals surface area contributed by atoms with E-state index in [1.807, 2.05) is 79.8 Å². The van der Waals surface area contributed by atoms with E-state index in [2.05, 4.69) is 47.5 Å². The molecule has 0 fully saturated rings. The molecule has 0 radical (unpaired) electrons. The van der Waals surface area contributed by atoms with Crippen molar-refractivity contribution < 1.29 is 19.2 Å². The number of carbonyl (C=O) groups excluding carboxylic acids is 3. The van der Waals surface area contributed by atoms with E-state index in [1.54, 1.807) is 17.8 Å². The summed E-state index contributed by atoms with van der Waals surface area (Å²) >= 11 is 1.63. The molecule has 0 amide bonds. The minimum atomic E-state index is -0.588. The fourth-order valence-electron chi connectivity index (χ4n) is 5.63. The molecule has 238 valence electrons. The topological polar surface area (TPSA) is 77.7 Å². The van der Waals surface area contributed by atoms with E-state index < -0.39 is 5.97 Å². The molecule has 47 heavy (non-hydrogen) atoms. The van der Waals surface area contributed by atoms with Crippen molar-refractivity contribution in [3.63, 3.8) is 0 Å². The van der Waals surface area contributed by atoms with Crippen molar-refractivity contribution >= 4 is 68.8 Å². The number of rotatable bonds is 13. The number of Topliss-reactive ketones (excluding diaryl/α,β-unsaturated/α-hetero) is 2. The number of oxime groups is 1. The van der Waals surface area contributed by atoms with E-state index in [9.17, 15) is 14.4 Å². The molecule has 0 atom stereocenters. The molecule has 3 aromatic carbocycles. The number of thioether (sulfide) groups is 1. The number of fused-ring (bicyclic) bond motifs is 4. The Balaban J connectivity index is 1.46. The van der Waals surface area contributed by atoms with Crippen molar-refractivity contribution in [2.45, 2.75) is 51.5 Å². The van der Waals surface area contributed by atoms with Crippen molar-refractivity contribution in [1.82, 2.24) is 4.57 Å². The number of allylic oxidation sites excluding steroid dienone is 7. The Hall–Kier alpha value is -5.01. The number of hydrogen-bond acceptors (Lipinski definition) is 6. The molecule has 1 heterocycles. The highest BCUT2D eigenvalue weighted by Crippen LogP contribution is 2.34. The third kappa shape index (κ3) is 7.69. The van der Waals surface area contributed by atoms with Crippen LogP contribution >= 0.6 is 11.8 Å². The summed E-state index contributed by atoms with van der Waals surface area (Å²) < 4.78 is 2.18.